The first-order chi connectivity index (χ1) is 9.59. The molecule has 1 N–H and O–H groups in total. The molecule has 110 valence electrons. The number of fused-ring (bicyclic) bond motifs is 1. The fraction of sp³-hybridized carbons (Fsp3) is 0.667. The van der Waals surface area contributed by atoms with Gasteiger partial charge in [-0.1, -0.05) is 37.3 Å². The van der Waals surface area contributed by atoms with Gasteiger partial charge in [0, 0.05) is 18.6 Å². The van der Waals surface area contributed by atoms with Gasteiger partial charge in [0.1, 0.15) is 0 Å². The van der Waals surface area contributed by atoms with Gasteiger partial charge < -0.3 is 5.32 Å². The van der Waals surface area contributed by atoms with Crippen LogP contribution in [0.15, 0.2) is 30.3 Å². The lowest BCUT2D eigenvalue weighted by Crippen LogP contribution is -2.45. The van der Waals surface area contributed by atoms with E-state index >= 15 is 0 Å². The predicted octanol–water partition coefficient (Wildman–Crippen LogP) is 3.11. The summed E-state index contributed by atoms with van der Waals surface area (Å²) >= 11 is 0. The smallest absolute Gasteiger partial charge is 0.0197 e. The molecule has 2 aliphatic rings. The molecule has 3 unspecified atom stereocenters. The number of hydrogen-bond acceptors (Lipinski definition) is 2. The Labute approximate surface area is 123 Å². The van der Waals surface area contributed by atoms with E-state index in [0.717, 1.165) is 11.8 Å². The maximum atomic E-state index is 3.56. The minimum absolute atomic E-state index is 0.366. The Morgan fingerprint density at radius 3 is 2.70 bits per heavy atom. The second-order valence-corrected chi connectivity index (χ2v) is 7.22. The molecule has 0 aliphatic carbocycles. The van der Waals surface area contributed by atoms with Crippen molar-refractivity contribution in [2.24, 2.45) is 11.8 Å². The fourth-order valence-electron chi connectivity index (χ4n) is 4.18. The van der Waals surface area contributed by atoms with Crippen molar-refractivity contribution in [3.8, 4) is 0 Å². The van der Waals surface area contributed by atoms with Crippen molar-refractivity contribution in [3.63, 3.8) is 0 Å². The van der Waals surface area contributed by atoms with Gasteiger partial charge in [-0.05, 0) is 56.7 Å². The minimum atomic E-state index is 0.366. The highest BCUT2D eigenvalue weighted by molar-refractivity contribution is 5.18. The number of nitrogens with one attached hydrogen (secondary N) is 1. The summed E-state index contributed by atoms with van der Waals surface area (Å²) in [6, 6.07) is 10.9. The van der Waals surface area contributed by atoms with Crippen molar-refractivity contribution >= 4 is 0 Å². The van der Waals surface area contributed by atoms with Crippen LogP contribution in [0, 0.1) is 11.8 Å². The van der Waals surface area contributed by atoms with Gasteiger partial charge in [0.05, 0.1) is 0 Å². The zero-order chi connectivity index (χ0) is 14.2. The van der Waals surface area contributed by atoms with Crippen LogP contribution < -0.4 is 5.32 Å². The molecule has 2 nitrogen and oxygen atoms in total. The van der Waals surface area contributed by atoms with E-state index in [1.165, 1.54) is 38.2 Å². The van der Waals surface area contributed by atoms with Crippen LogP contribution >= 0.6 is 0 Å². The topological polar surface area (TPSA) is 15.3 Å². The maximum absolute atomic E-state index is 3.56. The van der Waals surface area contributed by atoms with Crippen LogP contribution in [0.2, 0.25) is 0 Å². The third-order valence-corrected chi connectivity index (χ3v) is 5.72. The van der Waals surface area contributed by atoms with Crippen LogP contribution in [0.1, 0.15) is 38.7 Å². The molecule has 3 rings (SSSR count). The monoisotopic (exact) mass is 272 g/mol. The number of benzene rings is 1. The summed E-state index contributed by atoms with van der Waals surface area (Å²) in [4.78, 5) is 2.74. The van der Waals surface area contributed by atoms with Crippen molar-refractivity contribution in [3.05, 3.63) is 35.9 Å². The molecule has 2 heterocycles. The highest BCUT2D eigenvalue weighted by Crippen LogP contribution is 2.40. The molecule has 20 heavy (non-hydrogen) atoms. The van der Waals surface area contributed by atoms with E-state index < -0.39 is 0 Å². The summed E-state index contributed by atoms with van der Waals surface area (Å²) in [6.45, 7) is 12.2. The van der Waals surface area contributed by atoms with E-state index in [2.05, 4.69) is 61.3 Å². The average molecular weight is 272 g/mol. The molecule has 2 fully saturated rings. The Hall–Kier alpha value is -0.860. The first-order valence-electron chi connectivity index (χ1n) is 8.09. The van der Waals surface area contributed by atoms with Crippen molar-refractivity contribution < 1.29 is 0 Å². The molecule has 0 spiro atoms. The highest BCUT2D eigenvalue weighted by Gasteiger charge is 2.48. The van der Waals surface area contributed by atoms with E-state index in [9.17, 15) is 0 Å². The SMILES string of the molecule is CC(CCN1CC2CNCC2C1(C)C)c1ccccc1. The molecule has 0 radical (unpaired) electrons. The van der Waals surface area contributed by atoms with E-state index in [0.29, 0.717) is 11.5 Å². The second kappa shape index (κ2) is 5.50. The Bertz CT molecular complexity index is 440. The fourth-order valence-corrected chi connectivity index (χ4v) is 4.18. The summed E-state index contributed by atoms with van der Waals surface area (Å²) in [5, 5.41) is 3.56. The van der Waals surface area contributed by atoms with Gasteiger partial charge in [-0.15, -0.1) is 0 Å². The van der Waals surface area contributed by atoms with E-state index in [4.69, 9.17) is 0 Å². The van der Waals surface area contributed by atoms with Gasteiger partial charge in [0.25, 0.3) is 0 Å². The third kappa shape index (κ3) is 2.51. The minimum Gasteiger partial charge on any atom is -0.316 e. The molecule has 1 aromatic rings. The molecular weight excluding hydrogens is 244 g/mol. The molecular formula is C18H28N2. The lowest BCUT2D eigenvalue weighted by atomic mass is 9.84. The lowest BCUT2D eigenvalue weighted by Gasteiger charge is -2.36. The van der Waals surface area contributed by atoms with Crippen LogP contribution in [0.3, 0.4) is 0 Å². The summed E-state index contributed by atoms with van der Waals surface area (Å²) in [5.74, 6) is 2.37. The Morgan fingerprint density at radius 1 is 1.25 bits per heavy atom. The van der Waals surface area contributed by atoms with E-state index in [-0.39, 0.29) is 0 Å². The molecule has 2 heteroatoms. The number of rotatable bonds is 4. The van der Waals surface area contributed by atoms with Crippen molar-refractivity contribution in [2.45, 2.75) is 38.6 Å². The molecule has 0 aromatic heterocycles. The van der Waals surface area contributed by atoms with Gasteiger partial charge in [-0.3, -0.25) is 4.90 Å². The first kappa shape index (κ1) is 14.1. The molecule has 1 aromatic carbocycles. The number of nitrogens with zero attached hydrogens (tertiary/aromatic N) is 1. The zero-order valence-electron chi connectivity index (χ0n) is 13.1. The molecule has 0 amide bonds. The first-order valence-corrected chi connectivity index (χ1v) is 8.09. The molecule has 3 atom stereocenters. The number of hydrogen-bond donors (Lipinski definition) is 1. The lowest BCUT2D eigenvalue weighted by molar-refractivity contribution is 0.136. The predicted molar refractivity (Wildman–Crippen MR) is 85.0 cm³/mol. The molecule has 0 saturated carbocycles. The van der Waals surface area contributed by atoms with Crippen LogP contribution in [-0.2, 0) is 0 Å². The van der Waals surface area contributed by atoms with Crippen LogP contribution in [-0.4, -0.2) is 36.6 Å². The molecule has 2 aliphatic heterocycles. The standard InChI is InChI=1S/C18H28N2/c1-14(15-7-5-4-6-8-15)9-10-20-13-16-11-19-12-17(16)18(20,2)3/h4-8,14,16-17,19H,9-13H2,1-3H3. The summed E-state index contributed by atoms with van der Waals surface area (Å²) in [6.07, 6.45) is 1.26. The van der Waals surface area contributed by atoms with Crippen molar-refractivity contribution in [1.82, 2.24) is 10.2 Å². The highest BCUT2D eigenvalue weighted by atomic mass is 15.2. The summed E-state index contributed by atoms with van der Waals surface area (Å²) in [5.41, 5.74) is 1.84. The Kier molecular flexibility index (Phi) is 3.87. The van der Waals surface area contributed by atoms with Crippen LogP contribution in [0.25, 0.3) is 0 Å². The van der Waals surface area contributed by atoms with Gasteiger partial charge in [-0.25, -0.2) is 0 Å². The molecule has 2 saturated heterocycles. The normalized spacial score (nSPS) is 30.4. The Balaban J connectivity index is 1.59. The molecule has 0 bridgehead atoms. The van der Waals surface area contributed by atoms with Gasteiger partial charge >= 0.3 is 0 Å². The summed E-state index contributed by atoms with van der Waals surface area (Å²) in [7, 11) is 0. The largest absolute Gasteiger partial charge is 0.316 e. The van der Waals surface area contributed by atoms with E-state index in [1.807, 2.05) is 0 Å². The van der Waals surface area contributed by atoms with Crippen molar-refractivity contribution in [1.29, 1.82) is 0 Å². The van der Waals surface area contributed by atoms with Gasteiger partial charge in [0.15, 0.2) is 0 Å². The zero-order valence-corrected chi connectivity index (χ0v) is 13.1. The van der Waals surface area contributed by atoms with Gasteiger partial charge in [0.2, 0.25) is 0 Å². The Morgan fingerprint density at radius 2 is 2.00 bits per heavy atom. The van der Waals surface area contributed by atoms with Crippen LogP contribution in [0.5, 0.6) is 0 Å². The van der Waals surface area contributed by atoms with Crippen LogP contribution in [0.4, 0.5) is 0 Å². The third-order valence-electron chi connectivity index (χ3n) is 5.72. The average Bonchev–Trinajstić information content (AvgIpc) is 3.00. The quantitative estimate of drug-likeness (QED) is 0.906. The second-order valence-electron chi connectivity index (χ2n) is 7.22. The summed E-state index contributed by atoms with van der Waals surface area (Å²) < 4.78 is 0. The maximum Gasteiger partial charge on any atom is 0.0197 e. The van der Waals surface area contributed by atoms with Crippen molar-refractivity contribution in [2.75, 3.05) is 26.2 Å². The van der Waals surface area contributed by atoms with E-state index in [1.54, 1.807) is 0 Å². The van der Waals surface area contributed by atoms with Gasteiger partial charge in [-0.2, -0.15) is 0 Å². The number of likely N-dealkylation sites (tertiary alicyclic amines) is 1.